The lowest BCUT2D eigenvalue weighted by atomic mass is 10.1. The average molecular weight is 527 g/mol. The predicted octanol–water partition coefficient (Wildman–Crippen LogP) is 2.79. The summed E-state index contributed by atoms with van der Waals surface area (Å²) in [5.41, 5.74) is 6.12. The molecule has 3 aromatic rings. The lowest BCUT2D eigenvalue weighted by Gasteiger charge is -2.18. The fourth-order valence-electron chi connectivity index (χ4n) is 3.25. The number of nitrogens with one attached hydrogen (secondary N) is 3. The number of rotatable bonds is 12. The van der Waals surface area contributed by atoms with Crippen molar-refractivity contribution >= 4 is 29.4 Å². The van der Waals surface area contributed by atoms with Crippen LogP contribution in [0.3, 0.4) is 0 Å². The largest absolute Gasteiger partial charge is 0.497 e. The number of aromatic nitrogens is 2. The molecule has 0 aliphatic rings. The highest BCUT2D eigenvalue weighted by molar-refractivity contribution is 6.32. The highest BCUT2D eigenvalue weighted by atomic mass is 35.5. The zero-order valence-corrected chi connectivity index (χ0v) is 20.8. The van der Waals surface area contributed by atoms with E-state index in [-0.39, 0.29) is 31.0 Å². The van der Waals surface area contributed by atoms with Crippen molar-refractivity contribution < 1.29 is 23.9 Å². The second kappa shape index (κ2) is 13.6. The molecule has 0 saturated heterocycles. The van der Waals surface area contributed by atoms with Crippen LogP contribution in [0, 0.1) is 0 Å². The number of benzene rings is 2. The number of halogens is 1. The van der Waals surface area contributed by atoms with Crippen LogP contribution in [0.15, 0.2) is 61.2 Å². The Bertz CT molecular complexity index is 1210. The summed E-state index contributed by atoms with van der Waals surface area (Å²) >= 11 is 6.22. The maximum Gasteiger partial charge on any atom is 0.312 e. The third-order valence-electron chi connectivity index (χ3n) is 5.17. The van der Waals surface area contributed by atoms with Gasteiger partial charge < -0.3 is 31.2 Å². The van der Waals surface area contributed by atoms with Gasteiger partial charge in [-0.2, -0.15) is 0 Å². The molecule has 1 aromatic heterocycles. The van der Waals surface area contributed by atoms with Crippen molar-refractivity contribution in [3.8, 4) is 17.2 Å². The standard InChI is InChI=1S/C25H27ClN6O5/c1-36-19-8-9-22(20(26)11-19)37-18-6-4-16(5-7-18)12-31-24(34)21(3-2-10-30-25(27)35)32-23(33)17-13-28-15-29-14-17/h4-9,11,13-15,21H,2-3,10,12H2,1H3,(H,31,34)(H,32,33)(H3,27,30,35). The molecule has 3 rings (SSSR count). The van der Waals surface area contributed by atoms with Gasteiger partial charge in [-0.1, -0.05) is 23.7 Å². The minimum Gasteiger partial charge on any atom is -0.497 e. The third kappa shape index (κ3) is 8.65. The van der Waals surface area contributed by atoms with Gasteiger partial charge in [-0.05, 0) is 42.7 Å². The number of hydrogen-bond acceptors (Lipinski definition) is 7. The van der Waals surface area contributed by atoms with Crippen molar-refractivity contribution in [2.45, 2.75) is 25.4 Å². The highest BCUT2D eigenvalue weighted by Crippen LogP contribution is 2.32. The van der Waals surface area contributed by atoms with E-state index in [0.29, 0.717) is 28.7 Å². The minimum absolute atomic E-state index is 0.225. The molecule has 0 fully saturated rings. The number of amides is 4. The summed E-state index contributed by atoms with van der Waals surface area (Å²) in [7, 11) is 1.55. The minimum atomic E-state index is -0.845. The molecule has 12 heteroatoms. The molecule has 37 heavy (non-hydrogen) atoms. The van der Waals surface area contributed by atoms with Crippen LogP contribution in [0.4, 0.5) is 4.79 Å². The van der Waals surface area contributed by atoms with E-state index >= 15 is 0 Å². The van der Waals surface area contributed by atoms with Crippen molar-refractivity contribution in [2.24, 2.45) is 5.73 Å². The van der Waals surface area contributed by atoms with Crippen molar-refractivity contribution in [3.63, 3.8) is 0 Å². The molecular formula is C25H27ClN6O5. The first kappa shape index (κ1) is 27.2. The average Bonchev–Trinajstić information content (AvgIpc) is 2.91. The number of nitrogens with zero attached hydrogens (tertiary/aromatic N) is 2. The number of carbonyl (C=O) groups is 3. The van der Waals surface area contributed by atoms with Crippen molar-refractivity contribution in [3.05, 3.63) is 77.3 Å². The van der Waals surface area contributed by atoms with Gasteiger partial charge in [0.15, 0.2) is 0 Å². The lowest BCUT2D eigenvalue weighted by molar-refractivity contribution is -0.123. The van der Waals surface area contributed by atoms with E-state index in [1.165, 1.54) is 18.7 Å². The van der Waals surface area contributed by atoms with E-state index in [1.807, 2.05) is 0 Å². The molecule has 0 radical (unpaired) electrons. The van der Waals surface area contributed by atoms with Gasteiger partial charge in [-0.25, -0.2) is 14.8 Å². The number of nitrogens with two attached hydrogens (primary N) is 1. The summed E-state index contributed by atoms with van der Waals surface area (Å²) in [5, 5.41) is 8.39. The maximum absolute atomic E-state index is 12.9. The molecule has 0 aliphatic carbocycles. The Kier molecular flexibility index (Phi) is 10.0. The van der Waals surface area contributed by atoms with Crippen LogP contribution in [-0.4, -0.2) is 47.5 Å². The lowest BCUT2D eigenvalue weighted by Crippen LogP contribution is -2.47. The Balaban J connectivity index is 1.58. The first-order chi connectivity index (χ1) is 17.9. The molecule has 1 atom stereocenters. The Morgan fingerprint density at radius 1 is 1.03 bits per heavy atom. The second-order valence-corrected chi connectivity index (χ2v) is 8.25. The van der Waals surface area contributed by atoms with Crippen LogP contribution in [-0.2, 0) is 11.3 Å². The predicted molar refractivity (Wildman–Crippen MR) is 136 cm³/mol. The molecule has 0 bridgehead atoms. The summed E-state index contributed by atoms with van der Waals surface area (Å²) in [6.07, 6.45) is 4.72. The van der Waals surface area contributed by atoms with E-state index in [0.717, 1.165) is 5.56 Å². The van der Waals surface area contributed by atoms with Crippen molar-refractivity contribution in [1.29, 1.82) is 0 Å². The highest BCUT2D eigenvalue weighted by Gasteiger charge is 2.21. The summed E-state index contributed by atoms with van der Waals surface area (Å²) < 4.78 is 10.9. The van der Waals surface area contributed by atoms with Crippen LogP contribution in [0.25, 0.3) is 0 Å². The second-order valence-electron chi connectivity index (χ2n) is 7.85. The fraction of sp³-hybridized carbons (Fsp3) is 0.240. The summed E-state index contributed by atoms with van der Waals surface area (Å²) in [6.45, 7) is 0.492. The van der Waals surface area contributed by atoms with Gasteiger partial charge >= 0.3 is 6.03 Å². The molecule has 1 unspecified atom stereocenters. The number of primary amides is 1. The molecule has 4 amide bonds. The molecule has 0 spiro atoms. The Labute approximate surface area is 218 Å². The fourth-order valence-corrected chi connectivity index (χ4v) is 3.46. The van der Waals surface area contributed by atoms with Crippen molar-refractivity contribution in [1.82, 2.24) is 25.9 Å². The molecule has 1 heterocycles. The first-order valence-electron chi connectivity index (χ1n) is 11.3. The van der Waals surface area contributed by atoms with Gasteiger partial charge in [0.1, 0.15) is 29.6 Å². The maximum atomic E-state index is 12.9. The normalized spacial score (nSPS) is 11.2. The van der Waals surface area contributed by atoms with E-state index in [1.54, 1.807) is 49.6 Å². The molecule has 2 aromatic carbocycles. The smallest absolute Gasteiger partial charge is 0.312 e. The quantitative estimate of drug-likeness (QED) is 0.264. The zero-order valence-electron chi connectivity index (χ0n) is 20.1. The van der Waals surface area contributed by atoms with Crippen LogP contribution in [0.1, 0.15) is 28.8 Å². The van der Waals surface area contributed by atoms with Crippen molar-refractivity contribution in [2.75, 3.05) is 13.7 Å². The van der Waals surface area contributed by atoms with Gasteiger partial charge in [-0.15, -0.1) is 0 Å². The summed E-state index contributed by atoms with van der Waals surface area (Å²) in [6, 6.07) is 10.7. The van der Waals surface area contributed by atoms with Crippen LogP contribution in [0.2, 0.25) is 5.02 Å². The van der Waals surface area contributed by atoms with Crippen LogP contribution >= 0.6 is 11.6 Å². The Morgan fingerprint density at radius 2 is 1.73 bits per heavy atom. The first-order valence-corrected chi connectivity index (χ1v) is 11.7. The van der Waals surface area contributed by atoms with Gasteiger partial charge in [-0.3, -0.25) is 9.59 Å². The molecule has 11 nitrogen and oxygen atoms in total. The summed E-state index contributed by atoms with van der Waals surface area (Å²) in [5.74, 6) is 0.812. The molecule has 5 N–H and O–H groups in total. The van der Waals surface area contributed by atoms with E-state index in [4.69, 9.17) is 26.8 Å². The number of methoxy groups -OCH3 is 1. The van der Waals surface area contributed by atoms with E-state index < -0.39 is 18.0 Å². The van der Waals surface area contributed by atoms with Gasteiger partial charge in [0, 0.05) is 31.5 Å². The molecule has 0 aliphatic heterocycles. The Morgan fingerprint density at radius 3 is 2.38 bits per heavy atom. The van der Waals surface area contributed by atoms with Crippen LogP contribution in [0.5, 0.6) is 17.2 Å². The van der Waals surface area contributed by atoms with Crippen LogP contribution < -0.4 is 31.2 Å². The monoisotopic (exact) mass is 526 g/mol. The number of urea groups is 1. The van der Waals surface area contributed by atoms with E-state index in [2.05, 4.69) is 25.9 Å². The topological polar surface area (TPSA) is 158 Å². The van der Waals surface area contributed by atoms with E-state index in [9.17, 15) is 14.4 Å². The third-order valence-corrected chi connectivity index (χ3v) is 5.47. The van der Waals surface area contributed by atoms with Gasteiger partial charge in [0.2, 0.25) is 5.91 Å². The zero-order chi connectivity index (χ0) is 26.6. The number of ether oxygens (including phenoxy) is 2. The van der Waals surface area contributed by atoms with Gasteiger partial charge in [0.05, 0.1) is 17.7 Å². The Hall–Kier alpha value is -4.38. The summed E-state index contributed by atoms with van der Waals surface area (Å²) in [4.78, 5) is 44.0. The van der Waals surface area contributed by atoms with Gasteiger partial charge in [0.25, 0.3) is 5.91 Å². The number of hydrogen-bond donors (Lipinski definition) is 4. The SMILES string of the molecule is COc1ccc(Oc2ccc(CNC(=O)C(CCCNC(N)=O)NC(=O)c3cncnc3)cc2)c(Cl)c1. The number of carbonyl (C=O) groups excluding carboxylic acids is 3. The molecular weight excluding hydrogens is 500 g/mol. The molecule has 194 valence electrons. The molecule has 0 saturated carbocycles.